The number of hydrogen-bond donors (Lipinski definition) is 1. The molecule has 2 aliphatic rings. The van der Waals surface area contributed by atoms with E-state index in [9.17, 15) is 5.11 Å². The molecule has 0 spiro atoms. The van der Waals surface area contributed by atoms with Gasteiger partial charge in [-0.05, 0) is 56.2 Å². The van der Waals surface area contributed by atoms with E-state index in [1.54, 1.807) is 0 Å². The molecule has 2 heteroatoms. The van der Waals surface area contributed by atoms with Crippen LogP contribution in [0.3, 0.4) is 0 Å². The third-order valence-corrected chi connectivity index (χ3v) is 4.72. The van der Waals surface area contributed by atoms with E-state index in [0.29, 0.717) is 12.0 Å². The molecule has 3 rings (SSSR count). The minimum Gasteiger partial charge on any atom is -0.393 e. The summed E-state index contributed by atoms with van der Waals surface area (Å²) in [5, 5.41) is 9.74. The SMILES string of the molecule is CC(O)C1CCN(C2CCCc3ccccc32)C1. The van der Waals surface area contributed by atoms with Gasteiger partial charge in [0.05, 0.1) is 6.10 Å². The summed E-state index contributed by atoms with van der Waals surface area (Å²) in [5.41, 5.74) is 3.07. The number of aryl methyl sites for hydroxylation is 1. The van der Waals surface area contributed by atoms with Crippen LogP contribution in [0.25, 0.3) is 0 Å². The number of fused-ring (bicyclic) bond motifs is 1. The lowest BCUT2D eigenvalue weighted by atomic mass is 9.87. The summed E-state index contributed by atoms with van der Waals surface area (Å²) < 4.78 is 0. The Morgan fingerprint density at radius 3 is 2.89 bits per heavy atom. The summed E-state index contributed by atoms with van der Waals surface area (Å²) in [6.07, 6.45) is 4.81. The molecule has 1 N–H and O–H groups in total. The number of aliphatic hydroxyl groups excluding tert-OH is 1. The summed E-state index contributed by atoms with van der Waals surface area (Å²) in [7, 11) is 0. The van der Waals surface area contributed by atoms with Crippen molar-refractivity contribution in [1.82, 2.24) is 4.90 Å². The monoisotopic (exact) mass is 245 g/mol. The lowest BCUT2D eigenvalue weighted by Crippen LogP contribution is -2.30. The van der Waals surface area contributed by atoms with Gasteiger partial charge in [-0.2, -0.15) is 0 Å². The zero-order valence-corrected chi connectivity index (χ0v) is 11.2. The predicted octanol–water partition coefficient (Wildman–Crippen LogP) is 2.77. The fourth-order valence-corrected chi connectivity index (χ4v) is 3.60. The molecule has 0 amide bonds. The first kappa shape index (κ1) is 12.2. The zero-order valence-electron chi connectivity index (χ0n) is 11.2. The van der Waals surface area contributed by atoms with Crippen molar-refractivity contribution in [2.24, 2.45) is 5.92 Å². The van der Waals surface area contributed by atoms with E-state index in [2.05, 4.69) is 29.2 Å². The second-order valence-electron chi connectivity index (χ2n) is 5.89. The van der Waals surface area contributed by atoms with Crippen LogP contribution in [-0.4, -0.2) is 29.2 Å². The maximum absolute atomic E-state index is 9.74. The average molecular weight is 245 g/mol. The molecular formula is C16H23NO. The highest BCUT2D eigenvalue weighted by Gasteiger charge is 2.33. The lowest BCUT2D eigenvalue weighted by Gasteiger charge is -2.33. The molecule has 3 unspecified atom stereocenters. The first-order chi connectivity index (χ1) is 8.75. The molecule has 18 heavy (non-hydrogen) atoms. The number of benzene rings is 1. The van der Waals surface area contributed by atoms with Gasteiger partial charge < -0.3 is 5.11 Å². The first-order valence-corrected chi connectivity index (χ1v) is 7.25. The van der Waals surface area contributed by atoms with Crippen LogP contribution >= 0.6 is 0 Å². The van der Waals surface area contributed by atoms with Gasteiger partial charge in [-0.25, -0.2) is 0 Å². The summed E-state index contributed by atoms with van der Waals surface area (Å²) in [5.74, 6) is 0.471. The van der Waals surface area contributed by atoms with Crippen LogP contribution in [0.4, 0.5) is 0 Å². The quantitative estimate of drug-likeness (QED) is 0.866. The molecule has 98 valence electrons. The van der Waals surface area contributed by atoms with Crippen molar-refractivity contribution in [3.63, 3.8) is 0 Å². The second kappa shape index (κ2) is 5.02. The zero-order chi connectivity index (χ0) is 12.5. The summed E-state index contributed by atoms with van der Waals surface area (Å²) in [6, 6.07) is 9.50. The van der Waals surface area contributed by atoms with Gasteiger partial charge in [0.1, 0.15) is 0 Å². The molecule has 1 heterocycles. The fourth-order valence-electron chi connectivity index (χ4n) is 3.60. The van der Waals surface area contributed by atoms with Crippen molar-refractivity contribution in [3.05, 3.63) is 35.4 Å². The van der Waals surface area contributed by atoms with Gasteiger partial charge in [0, 0.05) is 12.6 Å². The van der Waals surface area contributed by atoms with Gasteiger partial charge in [0.25, 0.3) is 0 Å². The van der Waals surface area contributed by atoms with Gasteiger partial charge in [0.2, 0.25) is 0 Å². The third-order valence-electron chi connectivity index (χ3n) is 4.72. The molecule has 0 saturated carbocycles. The highest BCUT2D eigenvalue weighted by molar-refractivity contribution is 5.32. The molecule has 3 atom stereocenters. The number of aliphatic hydroxyl groups is 1. The number of likely N-dealkylation sites (tertiary alicyclic amines) is 1. The Balaban J connectivity index is 1.79. The average Bonchev–Trinajstić information content (AvgIpc) is 2.87. The van der Waals surface area contributed by atoms with Crippen molar-refractivity contribution in [2.75, 3.05) is 13.1 Å². The van der Waals surface area contributed by atoms with Gasteiger partial charge in [-0.1, -0.05) is 24.3 Å². The Morgan fingerprint density at radius 2 is 2.11 bits per heavy atom. The minimum atomic E-state index is -0.158. The van der Waals surface area contributed by atoms with Crippen LogP contribution in [0.1, 0.15) is 43.4 Å². The van der Waals surface area contributed by atoms with Crippen molar-refractivity contribution >= 4 is 0 Å². The van der Waals surface area contributed by atoms with Crippen molar-refractivity contribution in [1.29, 1.82) is 0 Å². The Hall–Kier alpha value is -0.860. The molecule has 0 radical (unpaired) electrons. The fraction of sp³-hybridized carbons (Fsp3) is 0.625. The molecule has 1 aliphatic carbocycles. The highest BCUT2D eigenvalue weighted by atomic mass is 16.3. The third kappa shape index (κ3) is 2.19. The van der Waals surface area contributed by atoms with E-state index in [-0.39, 0.29) is 6.10 Å². The van der Waals surface area contributed by atoms with Crippen molar-refractivity contribution in [3.8, 4) is 0 Å². The molecular weight excluding hydrogens is 222 g/mol. The molecule has 2 nitrogen and oxygen atoms in total. The molecule has 1 aromatic rings. The topological polar surface area (TPSA) is 23.5 Å². The van der Waals surface area contributed by atoms with Gasteiger partial charge >= 0.3 is 0 Å². The number of rotatable bonds is 2. The van der Waals surface area contributed by atoms with E-state index in [1.165, 1.54) is 30.4 Å². The normalized spacial score (nSPS) is 30.1. The highest BCUT2D eigenvalue weighted by Crippen LogP contribution is 2.37. The summed E-state index contributed by atoms with van der Waals surface area (Å²) in [6.45, 7) is 4.15. The predicted molar refractivity (Wildman–Crippen MR) is 73.5 cm³/mol. The summed E-state index contributed by atoms with van der Waals surface area (Å²) in [4.78, 5) is 2.59. The van der Waals surface area contributed by atoms with E-state index in [4.69, 9.17) is 0 Å². The minimum absolute atomic E-state index is 0.158. The maximum atomic E-state index is 9.74. The van der Waals surface area contributed by atoms with E-state index in [1.807, 2.05) is 6.92 Å². The van der Waals surface area contributed by atoms with E-state index < -0.39 is 0 Å². The van der Waals surface area contributed by atoms with Crippen LogP contribution in [0.5, 0.6) is 0 Å². The molecule has 1 fully saturated rings. The van der Waals surface area contributed by atoms with Crippen LogP contribution in [0.15, 0.2) is 24.3 Å². The van der Waals surface area contributed by atoms with E-state index in [0.717, 1.165) is 19.5 Å². The molecule has 0 bridgehead atoms. The van der Waals surface area contributed by atoms with Crippen molar-refractivity contribution in [2.45, 2.75) is 44.8 Å². The lowest BCUT2D eigenvalue weighted by molar-refractivity contribution is 0.119. The summed E-state index contributed by atoms with van der Waals surface area (Å²) >= 11 is 0. The van der Waals surface area contributed by atoms with Gasteiger partial charge in [0.15, 0.2) is 0 Å². The second-order valence-corrected chi connectivity index (χ2v) is 5.89. The van der Waals surface area contributed by atoms with Gasteiger partial charge in [-0.15, -0.1) is 0 Å². The molecule has 1 aliphatic heterocycles. The molecule has 0 aromatic heterocycles. The standard InChI is InChI=1S/C16H23NO/c1-12(18)14-9-10-17(11-14)16-8-4-6-13-5-2-3-7-15(13)16/h2-3,5,7,12,14,16,18H,4,6,8-11H2,1H3. The number of hydrogen-bond acceptors (Lipinski definition) is 2. The first-order valence-electron chi connectivity index (χ1n) is 7.25. The van der Waals surface area contributed by atoms with Crippen LogP contribution in [0, 0.1) is 5.92 Å². The number of nitrogens with zero attached hydrogens (tertiary/aromatic N) is 1. The smallest absolute Gasteiger partial charge is 0.0552 e. The molecule has 1 aromatic carbocycles. The Kier molecular flexibility index (Phi) is 3.40. The Bertz CT molecular complexity index is 415. The Morgan fingerprint density at radius 1 is 1.28 bits per heavy atom. The van der Waals surface area contributed by atoms with Crippen LogP contribution < -0.4 is 0 Å². The molecule has 1 saturated heterocycles. The van der Waals surface area contributed by atoms with Crippen LogP contribution in [0.2, 0.25) is 0 Å². The maximum Gasteiger partial charge on any atom is 0.0552 e. The van der Waals surface area contributed by atoms with E-state index >= 15 is 0 Å². The largest absolute Gasteiger partial charge is 0.393 e. The van der Waals surface area contributed by atoms with Crippen molar-refractivity contribution < 1.29 is 5.11 Å². The van der Waals surface area contributed by atoms with Crippen LogP contribution in [-0.2, 0) is 6.42 Å². The van der Waals surface area contributed by atoms with Gasteiger partial charge in [-0.3, -0.25) is 4.90 Å². The Labute approximate surface area is 110 Å².